The van der Waals surface area contributed by atoms with E-state index in [0.29, 0.717) is 26.7 Å². The number of nitrogens with zero attached hydrogens (tertiary/aromatic N) is 1. The number of halogens is 2. The van der Waals surface area contributed by atoms with Crippen LogP contribution in [-0.2, 0) is 4.74 Å². The van der Waals surface area contributed by atoms with Crippen LogP contribution in [0.15, 0.2) is 106 Å². The Hall–Kier alpha value is -3.82. The Morgan fingerprint density at radius 2 is 1.20 bits per heavy atom. The van der Waals surface area contributed by atoms with Gasteiger partial charge in [-0.1, -0.05) is 60.7 Å². The van der Waals surface area contributed by atoms with Crippen LogP contribution < -0.4 is 4.74 Å². The van der Waals surface area contributed by atoms with Gasteiger partial charge in [-0.25, -0.2) is 0 Å². The Bertz CT molecular complexity index is 1780. The van der Waals surface area contributed by atoms with E-state index in [1.807, 2.05) is 78.9 Å². The lowest BCUT2D eigenvalue weighted by Crippen LogP contribution is -2.38. The number of hydrogen-bond donors (Lipinski definition) is 1. The van der Waals surface area contributed by atoms with Gasteiger partial charge in [-0.15, -0.1) is 0 Å². The van der Waals surface area contributed by atoms with E-state index < -0.39 is 0 Å². The number of aromatic hydroxyl groups is 1. The number of carbonyl (C=O) groups excluding carboxylic acids is 2. The monoisotopic (exact) mass is 713 g/mol. The van der Waals surface area contributed by atoms with Crippen molar-refractivity contribution in [3.05, 3.63) is 139 Å². The molecule has 0 spiro atoms. The maximum absolute atomic E-state index is 12.7. The maximum Gasteiger partial charge on any atom is 0.201 e. The van der Waals surface area contributed by atoms with E-state index in [4.69, 9.17) is 9.47 Å². The van der Waals surface area contributed by atoms with Crippen molar-refractivity contribution in [1.82, 2.24) is 4.90 Å². The standard InChI is InChI=1S/C21H20BrNO3.C15H9BrO2/c22-20-19(15-4-2-1-3-5-15)17-7-6-16(14-18(17)21(20)24)26-13-10-23-8-11-25-12-9-23;16-14-13(9-4-2-1-3-5-9)11-7-6-10(17)8-12(11)15(14)18/h1-7,14H,8-13H2;1-8,17H. The average molecular weight is 715 g/mol. The first-order valence-electron chi connectivity index (χ1n) is 14.3. The summed E-state index contributed by atoms with van der Waals surface area (Å²) in [6.07, 6.45) is 0. The molecule has 222 valence electrons. The summed E-state index contributed by atoms with van der Waals surface area (Å²) < 4.78 is 12.4. The van der Waals surface area contributed by atoms with E-state index in [0.717, 1.165) is 72.0 Å². The van der Waals surface area contributed by atoms with Crippen LogP contribution in [0, 0.1) is 0 Å². The number of Topliss-reactive ketones (excluding diaryl/α,β-unsaturated/α-hetero) is 2. The summed E-state index contributed by atoms with van der Waals surface area (Å²) >= 11 is 6.85. The number of fused-ring (bicyclic) bond motifs is 2. The molecule has 0 amide bonds. The van der Waals surface area contributed by atoms with Crippen molar-refractivity contribution in [3.8, 4) is 11.5 Å². The van der Waals surface area contributed by atoms with Gasteiger partial charge < -0.3 is 14.6 Å². The molecule has 3 aliphatic rings. The van der Waals surface area contributed by atoms with Crippen molar-refractivity contribution in [2.24, 2.45) is 0 Å². The lowest BCUT2D eigenvalue weighted by Gasteiger charge is -2.26. The number of ether oxygens (including phenoxy) is 2. The molecule has 0 bridgehead atoms. The predicted molar refractivity (Wildman–Crippen MR) is 179 cm³/mol. The lowest BCUT2D eigenvalue weighted by atomic mass is 9.99. The van der Waals surface area contributed by atoms with Crippen LogP contribution in [-0.4, -0.2) is 61.0 Å². The molecule has 8 heteroatoms. The van der Waals surface area contributed by atoms with Gasteiger partial charge in [-0.2, -0.15) is 0 Å². The molecule has 0 atom stereocenters. The third-order valence-corrected chi connectivity index (χ3v) is 9.28. The van der Waals surface area contributed by atoms with Crippen molar-refractivity contribution in [3.63, 3.8) is 0 Å². The highest BCUT2D eigenvalue weighted by atomic mass is 79.9. The zero-order valence-electron chi connectivity index (χ0n) is 23.8. The van der Waals surface area contributed by atoms with Crippen molar-refractivity contribution in [2.75, 3.05) is 39.5 Å². The zero-order chi connectivity index (χ0) is 30.6. The third kappa shape index (κ3) is 6.21. The van der Waals surface area contributed by atoms with E-state index >= 15 is 0 Å². The highest BCUT2D eigenvalue weighted by Gasteiger charge is 2.30. The number of rotatable bonds is 6. The number of ketones is 2. The average Bonchev–Trinajstić information content (AvgIpc) is 3.46. The molecule has 44 heavy (non-hydrogen) atoms. The number of benzene rings is 4. The van der Waals surface area contributed by atoms with Crippen LogP contribution in [0.25, 0.3) is 11.1 Å². The van der Waals surface area contributed by atoms with Gasteiger partial charge in [-0.05, 0) is 90.5 Å². The second kappa shape index (κ2) is 13.4. The SMILES string of the molecule is O=C1C(Br)=C(c2ccccc2)c2ccc(O)cc21.O=C1C(Br)=C(c2ccccc2)c2ccc(OCCN3CCOCC3)cc21. The fourth-order valence-corrected chi connectivity index (χ4v) is 6.86. The molecule has 1 heterocycles. The minimum Gasteiger partial charge on any atom is -0.508 e. The minimum absolute atomic E-state index is 0.0116. The summed E-state index contributed by atoms with van der Waals surface area (Å²) in [5, 5.41) is 9.47. The number of allylic oxidation sites excluding steroid dienone is 2. The molecule has 2 aliphatic carbocycles. The minimum atomic E-state index is -0.0836. The molecule has 1 fully saturated rings. The Morgan fingerprint density at radius 1 is 0.682 bits per heavy atom. The number of hydrogen-bond acceptors (Lipinski definition) is 6. The molecule has 7 rings (SSSR count). The van der Waals surface area contributed by atoms with Crippen LogP contribution in [0.5, 0.6) is 11.5 Å². The summed E-state index contributed by atoms with van der Waals surface area (Å²) in [6.45, 7) is 4.94. The Labute approximate surface area is 272 Å². The van der Waals surface area contributed by atoms with Crippen LogP contribution in [0.1, 0.15) is 43.0 Å². The Morgan fingerprint density at radius 3 is 1.77 bits per heavy atom. The fourth-order valence-electron chi connectivity index (χ4n) is 5.55. The normalized spacial score (nSPS) is 16.0. The molecule has 0 radical (unpaired) electrons. The second-order valence-electron chi connectivity index (χ2n) is 10.5. The molecule has 0 unspecified atom stereocenters. The van der Waals surface area contributed by atoms with E-state index in [-0.39, 0.29) is 17.3 Å². The third-order valence-electron chi connectivity index (χ3n) is 7.76. The Kier molecular flexibility index (Phi) is 9.23. The summed E-state index contributed by atoms with van der Waals surface area (Å²) in [4.78, 5) is 27.1. The van der Waals surface area contributed by atoms with Gasteiger partial charge in [0.1, 0.15) is 18.1 Å². The Balaban J connectivity index is 0.000000167. The van der Waals surface area contributed by atoms with Crippen molar-refractivity contribution >= 4 is 54.6 Å². The summed E-state index contributed by atoms with van der Waals surface area (Å²) in [7, 11) is 0. The first kappa shape index (κ1) is 30.2. The first-order chi connectivity index (χ1) is 21.4. The van der Waals surface area contributed by atoms with Crippen LogP contribution >= 0.6 is 31.9 Å². The predicted octanol–water partition coefficient (Wildman–Crippen LogP) is 7.49. The van der Waals surface area contributed by atoms with Crippen LogP contribution in [0.3, 0.4) is 0 Å². The van der Waals surface area contributed by atoms with Gasteiger partial charge in [0.15, 0.2) is 0 Å². The molecule has 4 aromatic carbocycles. The van der Waals surface area contributed by atoms with Gasteiger partial charge in [0.2, 0.25) is 11.6 Å². The summed E-state index contributed by atoms with van der Waals surface area (Å²) in [6, 6.07) is 30.4. The molecule has 1 aliphatic heterocycles. The van der Waals surface area contributed by atoms with Crippen LogP contribution in [0.4, 0.5) is 0 Å². The van der Waals surface area contributed by atoms with E-state index in [2.05, 4.69) is 36.8 Å². The van der Waals surface area contributed by atoms with Crippen molar-refractivity contribution < 1.29 is 24.2 Å². The molecular formula is C36H29Br2NO5. The molecule has 1 N–H and O–H groups in total. The van der Waals surface area contributed by atoms with Crippen molar-refractivity contribution in [2.45, 2.75) is 0 Å². The van der Waals surface area contributed by atoms with E-state index in [9.17, 15) is 14.7 Å². The zero-order valence-corrected chi connectivity index (χ0v) is 26.9. The van der Waals surface area contributed by atoms with Gasteiger partial charge in [0, 0.05) is 41.9 Å². The highest BCUT2D eigenvalue weighted by molar-refractivity contribution is 9.12. The molecule has 0 aromatic heterocycles. The molecular weight excluding hydrogens is 686 g/mol. The number of morpholine rings is 1. The smallest absolute Gasteiger partial charge is 0.201 e. The lowest BCUT2D eigenvalue weighted by molar-refractivity contribution is 0.0322. The van der Waals surface area contributed by atoms with Gasteiger partial charge in [0.05, 0.1) is 22.2 Å². The molecule has 0 saturated carbocycles. The summed E-state index contributed by atoms with van der Waals surface area (Å²) in [5.41, 5.74) is 6.90. The fraction of sp³-hybridized carbons (Fsp3) is 0.167. The van der Waals surface area contributed by atoms with Crippen molar-refractivity contribution in [1.29, 1.82) is 0 Å². The molecule has 6 nitrogen and oxygen atoms in total. The van der Waals surface area contributed by atoms with Crippen LogP contribution in [0.2, 0.25) is 0 Å². The van der Waals surface area contributed by atoms with Gasteiger partial charge in [0.25, 0.3) is 0 Å². The quantitative estimate of drug-likeness (QED) is 0.223. The van der Waals surface area contributed by atoms with Gasteiger partial charge in [-0.3, -0.25) is 14.5 Å². The number of carbonyl (C=O) groups is 2. The highest BCUT2D eigenvalue weighted by Crippen LogP contribution is 2.42. The largest absolute Gasteiger partial charge is 0.508 e. The van der Waals surface area contributed by atoms with E-state index in [1.54, 1.807) is 12.1 Å². The number of phenols is 1. The topological polar surface area (TPSA) is 76.1 Å². The maximum atomic E-state index is 12.7. The summed E-state index contributed by atoms with van der Waals surface area (Å²) in [5.74, 6) is 0.772. The van der Waals surface area contributed by atoms with Gasteiger partial charge >= 0.3 is 0 Å². The molecule has 4 aromatic rings. The van der Waals surface area contributed by atoms with E-state index in [1.165, 1.54) is 6.07 Å². The number of phenolic OH excluding ortho intramolecular Hbond substituents is 1. The molecule has 1 saturated heterocycles. The first-order valence-corrected chi connectivity index (χ1v) is 15.9. The second-order valence-corrected chi connectivity index (χ2v) is 12.1.